The summed E-state index contributed by atoms with van der Waals surface area (Å²) in [5.41, 5.74) is 6.57. The van der Waals surface area contributed by atoms with Crippen LogP contribution in [0.1, 0.15) is 23.3 Å². The minimum Gasteiger partial charge on any atom is -0.464 e. The third-order valence-corrected chi connectivity index (χ3v) is 2.60. The van der Waals surface area contributed by atoms with E-state index in [-0.39, 0.29) is 5.91 Å². The van der Waals surface area contributed by atoms with Crippen LogP contribution in [0.15, 0.2) is 12.3 Å². The molecule has 0 fully saturated rings. The van der Waals surface area contributed by atoms with Crippen LogP contribution in [0.4, 0.5) is 5.69 Å². The van der Waals surface area contributed by atoms with Gasteiger partial charge in [-0.2, -0.15) is 0 Å². The summed E-state index contributed by atoms with van der Waals surface area (Å²) in [4.78, 5) is 24.4. The van der Waals surface area contributed by atoms with E-state index in [9.17, 15) is 9.59 Å². The number of hydrogen-bond acceptors (Lipinski definition) is 4. The molecule has 0 spiro atoms. The van der Waals surface area contributed by atoms with Crippen LogP contribution < -0.4 is 5.73 Å². The summed E-state index contributed by atoms with van der Waals surface area (Å²) in [6.45, 7) is 0.557. The van der Waals surface area contributed by atoms with Gasteiger partial charge >= 0.3 is 5.97 Å². The molecule has 6 nitrogen and oxygen atoms in total. The third kappa shape index (κ3) is 3.51. The van der Waals surface area contributed by atoms with Gasteiger partial charge in [0.05, 0.1) is 12.8 Å². The molecule has 18 heavy (non-hydrogen) atoms. The predicted molar refractivity (Wildman–Crippen MR) is 68.1 cm³/mol. The van der Waals surface area contributed by atoms with E-state index in [4.69, 9.17) is 5.73 Å². The Morgan fingerprint density at radius 1 is 1.44 bits per heavy atom. The highest BCUT2D eigenvalue weighted by atomic mass is 16.5. The molecule has 0 aliphatic heterocycles. The molecule has 1 aromatic rings. The lowest BCUT2D eigenvalue weighted by molar-refractivity contribution is -0.128. The molecular formula is C12H19N3O3. The maximum atomic E-state index is 11.5. The summed E-state index contributed by atoms with van der Waals surface area (Å²) in [7, 11) is 4.76. The van der Waals surface area contributed by atoms with E-state index in [2.05, 4.69) is 4.74 Å². The fourth-order valence-corrected chi connectivity index (χ4v) is 1.62. The van der Waals surface area contributed by atoms with Crippen LogP contribution in [0.2, 0.25) is 0 Å². The fraction of sp³-hybridized carbons (Fsp3) is 0.500. The number of nitrogen functional groups attached to an aromatic ring is 1. The van der Waals surface area contributed by atoms with Gasteiger partial charge in [0.2, 0.25) is 5.91 Å². The maximum Gasteiger partial charge on any atom is 0.354 e. The number of esters is 1. The third-order valence-electron chi connectivity index (χ3n) is 2.60. The molecule has 0 bridgehead atoms. The summed E-state index contributed by atoms with van der Waals surface area (Å²) in [6.07, 6.45) is 2.76. The summed E-state index contributed by atoms with van der Waals surface area (Å²) in [6, 6.07) is 1.57. The number of anilines is 1. The largest absolute Gasteiger partial charge is 0.464 e. The van der Waals surface area contributed by atoms with Gasteiger partial charge in [-0.25, -0.2) is 4.79 Å². The van der Waals surface area contributed by atoms with Crippen molar-refractivity contribution >= 4 is 17.6 Å². The lowest BCUT2D eigenvalue weighted by Crippen LogP contribution is -2.21. The highest BCUT2D eigenvalue weighted by molar-refractivity contribution is 5.88. The Hall–Kier alpha value is -1.98. The zero-order chi connectivity index (χ0) is 13.7. The van der Waals surface area contributed by atoms with Crippen molar-refractivity contribution in [2.75, 3.05) is 26.9 Å². The second-order valence-electron chi connectivity index (χ2n) is 4.24. The van der Waals surface area contributed by atoms with Crippen LogP contribution in [-0.4, -0.2) is 42.5 Å². The molecule has 1 amide bonds. The lowest BCUT2D eigenvalue weighted by atomic mass is 10.3. The Labute approximate surface area is 106 Å². The Morgan fingerprint density at radius 2 is 2.11 bits per heavy atom. The van der Waals surface area contributed by atoms with Gasteiger partial charge < -0.3 is 19.9 Å². The first-order valence-electron chi connectivity index (χ1n) is 5.69. The predicted octanol–water partition coefficient (Wildman–Crippen LogP) is 0.725. The number of aromatic nitrogens is 1. The standard InChI is InChI=1S/C12H19N3O3/c1-14(2)11(16)5-4-6-15-8-9(13)7-10(15)12(17)18-3/h7-8H,4-6,13H2,1-3H3. The monoisotopic (exact) mass is 253 g/mol. The second-order valence-corrected chi connectivity index (χ2v) is 4.24. The minimum atomic E-state index is -0.425. The molecule has 0 atom stereocenters. The Kier molecular flexibility index (Phi) is 4.76. The van der Waals surface area contributed by atoms with Crippen molar-refractivity contribution in [1.82, 2.24) is 9.47 Å². The fourth-order valence-electron chi connectivity index (χ4n) is 1.62. The lowest BCUT2D eigenvalue weighted by Gasteiger charge is -2.11. The number of nitrogens with two attached hydrogens (primary N) is 1. The zero-order valence-corrected chi connectivity index (χ0v) is 11.0. The molecule has 1 aromatic heterocycles. The van der Waals surface area contributed by atoms with Crippen LogP contribution >= 0.6 is 0 Å². The molecule has 2 N–H and O–H groups in total. The molecule has 1 rings (SSSR count). The van der Waals surface area contributed by atoms with Gasteiger partial charge in [-0.15, -0.1) is 0 Å². The average Bonchev–Trinajstić information content (AvgIpc) is 2.69. The number of nitrogens with zero attached hydrogens (tertiary/aromatic N) is 2. The van der Waals surface area contributed by atoms with Crippen molar-refractivity contribution in [3.8, 4) is 0 Å². The van der Waals surface area contributed by atoms with E-state index in [0.29, 0.717) is 30.8 Å². The van der Waals surface area contributed by atoms with Crippen molar-refractivity contribution < 1.29 is 14.3 Å². The summed E-state index contributed by atoms with van der Waals surface area (Å²) < 4.78 is 6.38. The molecule has 0 aliphatic rings. The van der Waals surface area contributed by atoms with Crippen molar-refractivity contribution in [3.63, 3.8) is 0 Å². The van der Waals surface area contributed by atoms with Gasteiger partial charge in [-0.1, -0.05) is 0 Å². The van der Waals surface area contributed by atoms with Crippen LogP contribution in [0, 0.1) is 0 Å². The van der Waals surface area contributed by atoms with Crippen molar-refractivity contribution in [2.24, 2.45) is 0 Å². The maximum absolute atomic E-state index is 11.5. The molecule has 0 saturated heterocycles. The number of hydrogen-bond donors (Lipinski definition) is 1. The van der Waals surface area contributed by atoms with E-state index in [1.54, 1.807) is 35.8 Å². The Balaban J connectivity index is 2.62. The van der Waals surface area contributed by atoms with E-state index >= 15 is 0 Å². The van der Waals surface area contributed by atoms with Crippen molar-refractivity contribution in [1.29, 1.82) is 0 Å². The first kappa shape index (κ1) is 14.1. The first-order chi connectivity index (χ1) is 8.45. The summed E-state index contributed by atoms with van der Waals surface area (Å²) in [5, 5.41) is 0. The molecular weight excluding hydrogens is 234 g/mol. The Bertz CT molecular complexity index is 438. The molecule has 0 radical (unpaired) electrons. The molecule has 1 heterocycles. The zero-order valence-electron chi connectivity index (χ0n) is 11.0. The van der Waals surface area contributed by atoms with Gasteiger partial charge in [0.15, 0.2) is 0 Å². The van der Waals surface area contributed by atoms with E-state index in [1.807, 2.05) is 0 Å². The van der Waals surface area contributed by atoms with Crippen molar-refractivity contribution in [3.05, 3.63) is 18.0 Å². The molecule has 6 heteroatoms. The SMILES string of the molecule is COC(=O)c1cc(N)cn1CCCC(=O)N(C)C. The summed E-state index contributed by atoms with van der Waals surface area (Å²) in [5.74, 6) is -0.361. The van der Waals surface area contributed by atoms with Gasteiger partial charge in [0.25, 0.3) is 0 Å². The topological polar surface area (TPSA) is 77.6 Å². The van der Waals surface area contributed by atoms with E-state index in [1.165, 1.54) is 7.11 Å². The average molecular weight is 253 g/mol. The molecule has 100 valence electrons. The van der Waals surface area contributed by atoms with Gasteiger partial charge in [0, 0.05) is 33.3 Å². The number of methoxy groups -OCH3 is 1. The number of ether oxygens (including phenoxy) is 1. The van der Waals surface area contributed by atoms with Crippen LogP contribution in [0.5, 0.6) is 0 Å². The van der Waals surface area contributed by atoms with Gasteiger partial charge in [-0.05, 0) is 12.5 Å². The van der Waals surface area contributed by atoms with Gasteiger partial charge in [-0.3, -0.25) is 4.79 Å². The normalized spacial score (nSPS) is 10.2. The molecule has 0 saturated carbocycles. The first-order valence-corrected chi connectivity index (χ1v) is 5.69. The van der Waals surface area contributed by atoms with Crippen LogP contribution in [0.25, 0.3) is 0 Å². The number of aryl methyl sites for hydroxylation is 1. The van der Waals surface area contributed by atoms with E-state index in [0.717, 1.165) is 0 Å². The number of amides is 1. The number of carbonyl (C=O) groups excluding carboxylic acids is 2. The minimum absolute atomic E-state index is 0.0646. The van der Waals surface area contributed by atoms with Gasteiger partial charge in [0.1, 0.15) is 5.69 Å². The summed E-state index contributed by atoms with van der Waals surface area (Å²) >= 11 is 0. The van der Waals surface area contributed by atoms with Crippen molar-refractivity contribution in [2.45, 2.75) is 19.4 Å². The number of rotatable bonds is 5. The second kappa shape index (κ2) is 6.09. The van der Waals surface area contributed by atoms with Crippen LogP contribution in [-0.2, 0) is 16.1 Å². The number of carbonyl (C=O) groups is 2. The highest BCUT2D eigenvalue weighted by Gasteiger charge is 2.13. The quantitative estimate of drug-likeness (QED) is 0.784. The Morgan fingerprint density at radius 3 is 2.67 bits per heavy atom. The smallest absolute Gasteiger partial charge is 0.354 e. The molecule has 0 aromatic carbocycles. The molecule has 0 unspecified atom stereocenters. The molecule has 0 aliphatic carbocycles. The highest BCUT2D eigenvalue weighted by Crippen LogP contribution is 2.13. The van der Waals surface area contributed by atoms with Crippen LogP contribution in [0.3, 0.4) is 0 Å². The van der Waals surface area contributed by atoms with E-state index < -0.39 is 5.97 Å².